The largest absolute Gasteiger partial charge is 0.371 e. The van der Waals surface area contributed by atoms with Gasteiger partial charge in [0.25, 0.3) is 5.91 Å². The van der Waals surface area contributed by atoms with Crippen LogP contribution in [0.5, 0.6) is 0 Å². The Kier molecular flexibility index (Phi) is 6.70. The highest BCUT2D eigenvalue weighted by Crippen LogP contribution is 2.30. The van der Waals surface area contributed by atoms with Crippen LogP contribution in [0.1, 0.15) is 32.3 Å². The standard InChI is InChI=1S/C21H26BFN4O2/c1-3-15(23)16(4-2)26-21(28)18-11-27(12-19(22)29-18)17-8-7-13(10-24)20-14(17)6-5-9-25-20/h5-9,15-16,18-19H,3-4,11-12,22H2,1-2H3,(H,26,28)/t15-,16+,18-,19+/m1/s1. The molecule has 0 aliphatic carbocycles. The molecule has 1 aromatic heterocycles. The molecule has 0 saturated carbocycles. The van der Waals surface area contributed by atoms with Gasteiger partial charge >= 0.3 is 0 Å². The van der Waals surface area contributed by atoms with Gasteiger partial charge in [0, 0.05) is 29.8 Å². The van der Waals surface area contributed by atoms with Crippen LogP contribution in [0, 0.1) is 11.3 Å². The molecule has 1 aliphatic rings. The van der Waals surface area contributed by atoms with E-state index >= 15 is 0 Å². The number of halogens is 1. The summed E-state index contributed by atoms with van der Waals surface area (Å²) in [5, 5.41) is 13.0. The lowest BCUT2D eigenvalue weighted by Gasteiger charge is -2.38. The number of nitrogens with one attached hydrogen (secondary N) is 1. The van der Waals surface area contributed by atoms with Gasteiger partial charge in [0.05, 0.1) is 23.7 Å². The Morgan fingerprint density at radius 1 is 1.41 bits per heavy atom. The highest BCUT2D eigenvalue weighted by Gasteiger charge is 2.33. The lowest BCUT2D eigenvalue weighted by atomic mass is 9.96. The normalized spacial score (nSPS) is 21.4. The number of fused-ring (bicyclic) bond motifs is 1. The number of aromatic nitrogens is 1. The highest BCUT2D eigenvalue weighted by molar-refractivity contribution is 6.11. The number of amides is 1. The van der Waals surface area contributed by atoms with Gasteiger partial charge in [0.1, 0.15) is 20.1 Å². The lowest BCUT2D eigenvalue weighted by Crippen LogP contribution is -2.56. The number of hydrogen-bond donors (Lipinski definition) is 1. The molecular weight excluding hydrogens is 370 g/mol. The van der Waals surface area contributed by atoms with Gasteiger partial charge in [-0.05, 0) is 37.1 Å². The molecule has 1 N–H and O–H groups in total. The van der Waals surface area contributed by atoms with Crippen LogP contribution in [-0.2, 0) is 9.53 Å². The summed E-state index contributed by atoms with van der Waals surface area (Å²) >= 11 is 0. The van der Waals surface area contributed by atoms with Crippen LogP contribution in [-0.4, -0.2) is 56.1 Å². The Morgan fingerprint density at radius 3 is 2.90 bits per heavy atom. The Morgan fingerprint density at radius 2 is 2.21 bits per heavy atom. The number of pyridine rings is 1. The van der Waals surface area contributed by atoms with Gasteiger partial charge < -0.3 is 15.0 Å². The van der Waals surface area contributed by atoms with Gasteiger partial charge in [0.15, 0.2) is 6.10 Å². The zero-order valence-electron chi connectivity index (χ0n) is 17.1. The number of carbonyl (C=O) groups excluding carboxylic acids is 1. The summed E-state index contributed by atoms with van der Waals surface area (Å²) < 4.78 is 20.0. The molecule has 0 spiro atoms. The van der Waals surface area contributed by atoms with E-state index in [1.165, 1.54) is 0 Å². The second-order valence-electron chi connectivity index (χ2n) is 7.43. The number of nitrogens with zero attached hydrogens (tertiary/aromatic N) is 3. The lowest BCUT2D eigenvalue weighted by molar-refractivity contribution is -0.136. The van der Waals surface area contributed by atoms with Gasteiger partial charge in [-0.15, -0.1) is 0 Å². The van der Waals surface area contributed by atoms with Gasteiger partial charge in [0.2, 0.25) is 0 Å². The van der Waals surface area contributed by atoms with E-state index in [1.807, 2.05) is 33.0 Å². The van der Waals surface area contributed by atoms with Gasteiger partial charge in [-0.3, -0.25) is 9.78 Å². The summed E-state index contributed by atoms with van der Waals surface area (Å²) in [4.78, 5) is 19.2. The van der Waals surface area contributed by atoms with Crippen molar-refractivity contribution in [2.24, 2.45) is 0 Å². The van der Waals surface area contributed by atoms with E-state index in [4.69, 9.17) is 4.74 Å². The molecule has 152 valence electrons. The number of rotatable bonds is 6. The van der Waals surface area contributed by atoms with Crippen LogP contribution in [0.3, 0.4) is 0 Å². The van der Waals surface area contributed by atoms with Crippen molar-refractivity contribution in [1.29, 1.82) is 5.26 Å². The van der Waals surface area contributed by atoms with Crippen molar-refractivity contribution < 1.29 is 13.9 Å². The Labute approximate surface area is 171 Å². The third kappa shape index (κ3) is 4.51. The maximum absolute atomic E-state index is 14.1. The molecule has 29 heavy (non-hydrogen) atoms. The molecule has 1 fully saturated rings. The number of benzene rings is 1. The van der Waals surface area contributed by atoms with Crippen LogP contribution in [0.25, 0.3) is 10.9 Å². The number of ether oxygens (including phenoxy) is 1. The number of alkyl halides is 1. The first-order valence-electron chi connectivity index (χ1n) is 10.1. The van der Waals surface area contributed by atoms with Crippen LogP contribution in [0.15, 0.2) is 30.5 Å². The van der Waals surface area contributed by atoms with Crippen molar-refractivity contribution in [2.45, 2.75) is 51.0 Å². The fourth-order valence-electron chi connectivity index (χ4n) is 3.82. The van der Waals surface area contributed by atoms with Crippen molar-refractivity contribution in [2.75, 3.05) is 18.0 Å². The van der Waals surface area contributed by atoms with E-state index in [1.54, 1.807) is 19.2 Å². The van der Waals surface area contributed by atoms with Crippen molar-refractivity contribution in [3.05, 3.63) is 36.0 Å². The Bertz CT molecular complexity index is 919. The second kappa shape index (κ2) is 9.23. The van der Waals surface area contributed by atoms with Crippen LogP contribution < -0.4 is 10.2 Å². The van der Waals surface area contributed by atoms with Crippen LogP contribution in [0.4, 0.5) is 10.1 Å². The molecule has 1 aliphatic heterocycles. The van der Waals surface area contributed by atoms with Crippen molar-refractivity contribution >= 4 is 30.3 Å². The fourth-order valence-corrected chi connectivity index (χ4v) is 3.82. The molecule has 8 heteroatoms. The van der Waals surface area contributed by atoms with E-state index < -0.39 is 18.3 Å². The number of morpholine rings is 1. The summed E-state index contributed by atoms with van der Waals surface area (Å²) in [6.45, 7) is 4.59. The van der Waals surface area contributed by atoms with Crippen LogP contribution in [0.2, 0.25) is 0 Å². The zero-order chi connectivity index (χ0) is 21.0. The smallest absolute Gasteiger partial charge is 0.251 e. The molecule has 1 amide bonds. The first-order valence-corrected chi connectivity index (χ1v) is 10.1. The van der Waals surface area contributed by atoms with Crippen molar-refractivity contribution in [1.82, 2.24) is 10.3 Å². The van der Waals surface area contributed by atoms with E-state index in [0.29, 0.717) is 37.0 Å². The minimum absolute atomic E-state index is 0.172. The highest BCUT2D eigenvalue weighted by atomic mass is 19.1. The molecule has 4 atom stereocenters. The number of nitriles is 1. The monoisotopic (exact) mass is 396 g/mol. The van der Waals surface area contributed by atoms with E-state index in [0.717, 1.165) is 11.1 Å². The molecule has 2 heterocycles. The Hall–Kier alpha value is -2.66. The SMILES string of the molecule is B[C@@H]1CN(c2ccc(C#N)c3ncccc23)C[C@H](C(=O)N[C@@H](CC)[C@H](F)CC)O1. The quantitative estimate of drug-likeness (QED) is 0.755. The minimum Gasteiger partial charge on any atom is -0.371 e. The summed E-state index contributed by atoms with van der Waals surface area (Å²) in [6.07, 6.45) is 0.779. The molecular formula is C21H26BFN4O2. The molecule has 6 nitrogen and oxygen atoms in total. The second-order valence-corrected chi connectivity index (χ2v) is 7.43. The molecule has 2 aromatic rings. The molecule has 1 aromatic carbocycles. The topological polar surface area (TPSA) is 78.2 Å². The average Bonchev–Trinajstić information content (AvgIpc) is 2.75. The number of hydrogen-bond acceptors (Lipinski definition) is 5. The summed E-state index contributed by atoms with van der Waals surface area (Å²) in [5.74, 6) is -0.291. The minimum atomic E-state index is -1.07. The van der Waals surface area contributed by atoms with Gasteiger partial charge in [-0.1, -0.05) is 13.8 Å². The van der Waals surface area contributed by atoms with Gasteiger partial charge in [-0.2, -0.15) is 5.26 Å². The number of carbonyl (C=O) groups is 1. The van der Waals surface area contributed by atoms with Gasteiger partial charge in [-0.25, -0.2) is 4.39 Å². The zero-order valence-corrected chi connectivity index (χ0v) is 17.1. The van der Waals surface area contributed by atoms with E-state index in [2.05, 4.69) is 21.3 Å². The third-order valence-electron chi connectivity index (χ3n) is 5.35. The first-order chi connectivity index (χ1) is 14.0. The molecule has 0 unspecified atom stereocenters. The van der Waals surface area contributed by atoms with Crippen molar-refractivity contribution in [3.8, 4) is 6.07 Å². The van der Waals surface area contributed by atoms with E-state index in [-0.39, 0.29) is 11.9 Å². The number of anilines is 1. The molecule has 1 saturated heterocycles. The third-order valence-corrected chi connectivity index (χ3v) is 5.35. The summed E-state index contributed by atoms with van der Waals surface area (Å²) in [7, 11) is 1.91. The fraction of sp³-hybridized carbons (Fsp3) is 0.476. The van der Waals surface area contributed by atoms with Crippen molar-refractivity contribution in [3.63, 3.8) is 0 Å². The maximum Gasteiger partial charge on any atom is 0.251 e. The van der Waals surface area contributed by atoms with E-state index in [9.17, 15) is 14.4 Å². The summed E-state index contributed by atoms with van der Waals surface area (Å²) in [5.41, 5.74) is 2.06. The van der Waals surface area contributed by atoms with Crippen LogP contribution >= 0.6 is 0 Å². The first kappa shape index (κ1) is 21.1. The molecule has 3 rings (SSSR count). The summed E-state index contributed by atoms with van der Waals surface area (Å²) in [6, 6.07) is 8.89. The average molecular weight is 396 g/mol. The Balaban J connectivity index is 1.85. The predicted octanol–water partition coefficient (Wildman–Crippen LogP) is 1.91. The molecule has 0 bridgehead atoms. The maximum atomic E-state index is 14.1. The predicted molar refractivity (Wildman–Crippen MR) is 113 cm³/mol. The molecule has 0 radical (unpaired) electrons.